The van der Waals surface area contributed by atoms with Gasteiger partial charge in [-0.2, -0.15) is 0 Å². The van der Waals surface area contributed by atoms with Crippen LogP contribution >= 0.6 is 0 Å². The SMILES string of the molecule is CCC1COCCN1C(=O)Nc1cc(C(=O)O)ccc1C. The van der Waals surface area contributed by atoms with Crippen molar-refractivity contribution in [3.63, 3.8) is 0 Å². The van der Waals surface area contributed by atoms with Crippen molar-refractivity contribution in [3.8, 4) is 0 Å². The Morgan fingerprint density at radius 3 is 2.90 bits per heavy atom. The summed E-state index contributed by atoms with van der Waals surface area (Å²) >= 11 is 0. The zero-order chi connectivity index (χ0) is 15.4. The molecule has 2 N–H and O–H groups in total. The molecule has 0 aliphatic carbocycles. The predicted molar refractivity (Wildman–Crippen MR) is 78.8 cm³/mol. The third kappa shape index (κ3) is 3.52. The molecule has 21 heavy (non-hydrogen) atoms. The number of hydrogen-bond donors (Lipinski definition) is 2. The maximum absolute atomic E-state index is 12.4. The van der Waals surface area contributed by atoms with E-state index in [9.17, 15) is 9.59 Å². The summed E-state index contributed by atoms with van der Waals surface area (Å²) in [7, 11) is 0. The van der Waals surface area contributed by atoms with E-state index in [-0.39, 0.29) is 17.6 Å². The third-order valence-corrected chi connectivity index (χ3v) is 3.69. The average molecular weight is 292 g/mol. The van der Waals surface area contributed by atoms with Crippen LogP contribution in [-0.4, -0.2) is 47.8 Å². The van der Waals surface area contributed by atoms with E-state index >= 15 is 0 Å². The number of carboxylic acids is 1. The first kappa shape index (κ1) is 15.3. The van der Waals surface area contributed by atoms with Crippen molar-refractivity contribution >= 4 is 17.7 Å². The maximum atomic E-state index is 12.4. The molecule has 2 rings (SSSR count). The van der Waals surface area contributed by atoms with Crippen molar-refractivity contribution in [1.29, 1.82) is 0 Å². The third-order valence-electron chi connectivity index (χ3n) is 3.69. The number of aromatic carboxylic acids is 1. The quantitative estimate of drug-likeness (QED) is 0.896. The molecule has 1 atom stereocenters. The molecule has 1 unspecified atom stereocenters. The molecule has 1 aliphatic rings. The number of rotatable bonds is 3. The second-order valence-corrected chi connectivity index (χ2v) is 5.10. The van der Waals surface area contributed by atoms with Crippen molar-refractivity contribution in [1.82, 2.24) is 4.90 Å². The van der Waals surface area contributed by atoms with E-state index in [1.807, 2.05) is 13.8 Å². The van der Waals surface area contributed by atoms with Gasteiger partial charge in [0.05, 0.1) is 24.8 Å². The molecule has 1 heterocycles. The molecule has 114 valence electrons. The summed E-state index contributed by atoms with van der Waals surface area (Å²) in [5, 5.41) is 11.8. The summed E-state index contributed by atoms with van der Waals surface area (Å²) in [4.78, 5) is 25.1. The number of carboxylic acid groups (broad SMARTS) is 1. The van der Waals surface area contributed by atoms with Gasteiger partial charge in [0.2, 0.25) is 0 Å². The lowest BCUT2D eigenvalue weighted by Gasteiger charge is -2.35. The lowest BCUT2D eigenvalue weighted by atomic mass is 10.1. The number of morpholine rings is 1. The van der Waals surface area contributed by atoms with Crippen LogP contribution < -0.4 is 5.32 Å². The van der Waals surface area contributed by atoms with Gasteiger partial charge in [-0.15, -0.1) is 0 Å². The first-order valence-electron chi connectivity index (χ1n) is 7.02. The van der Waals surface area contributed by atoms with Crippen LogP contribution in [0.25, 0.3) is 0 Å². The first-order chi connectivity index (χ1) is 10.0. The van der Waals surface area contributed by atoms with Crippen LogP contribution in [0.3, 0.4) is 0 Å². The zero-order valence-electron chi connectivity index (χ0n) is 12.3. The van der Waals surface area contributed by atoms with Gasteiger partial charge in [0.15, 0.2) is 0 Å². The van der Waals surface area contributed by atoms with Crippen LogP contribution in [0.15, 0.2) is 18.2 Å². The molecule has 0 saturated carbocycles. The summed E-state index contributed by atoms with van der Waals surface area (Å²) < 4.78 is 5.38. The van der Waals surface area contributed by atoms with E-state index in [4.69, 9.17) is 9.84 Å². The highest BCUT2D eigenvalue weighted by molar-refractivity contribution is 5.94. The molecular weight excluding hydrogens is 272 g/mol. The van der Waals surface area contributed by atoms with Gasteiger partial charge < -0.3 is 20.1 Å². The topological polar surface area (TPSA) is 78.9 Å². The molecule has 1 aliphatic heterocycles. The number of anilines is 1. The second-order valence-electron chi connectivity index (χ2n) is 5.10. The standard InChI is InChI=1S/C15H20N2O4/c1-3-12-9-21-7-6-17(12)15(20)16-13-8-11(14(18)19)5-4-10(13)2/h4-5,8,12H,3,6-7,9H2,1-2H3,(H,16,20)(H,18,19). The number of nitrogens with one attached hydrogen (secondary N) is 1. The summed E-state index contributed by atoms with van der Waals surface area (Å²) in [6.07, 6.45) is 0.821. The van der Waals surface area contributed by atoms with Gasteiger partial charge in [-0.1, -0.05) is 13.0 Å². The molecule has 2 amide bonds. The number of ether oxygens (including phenoxy) is 1. The Kier molecular flexibility index (Phi) is 4.80. The molecule has 1 fully saturated rings. The summed E-state index contributed by atoms with van der Waals surface area (Å²) in [6, 6.07) is 4.54. The first-order valence-corrected chi connectivity index (χ1v) is 7.02. The summed E-state index contributed by atoms with van der Waals surface area (Å²) in [5.41, 5.74) is 1.51. The zero-order valence-corrected chi connectivity index (χ0v) is 12.3. The maximum Gasteiger partial charge on any atom is 0.335 e. The van der Waals surface area contributed by atoms with Crippen molar-refractivity contribution < 1.29 is 19.4 Å². The lowest BCUT2D eigenvalue weighted by molar-refractivity contribution is 0.0144. The van der Waals surface area contributed by atoms with Gasteiger partial charge in [0.1, 0.15) is 0 Å². The Labute approximate surface area is 123 Å². The number of benzene rings is 1. The Balaban J connectivity index is 2.15. The molecule has 1 aromatic carbocycles. The Morgan fingerprint density at radius 1 is 1.48 bits per heavy atom. The largest absolute Gasteiger partial charge is 0.478 e. The van der Waals surface area contributed by atoms with Crippen LogP contribution in [0.4, 0.5) is 10.5 Å². The molecule has 6 heteroatoms. The smallest absolute Gasteiger partial charge is 0.335 e. The van der Waals surface area contributed by atoms with Crippen molar-refractivity contribution in [2.45, 2.75) is 26.3 Å². The predicted octanol–water partition coefficient (Wildman–Crippen LogP) is 2.34. The number of carbonyl (C=O) groups is 2. The molecule has 1 aromatic rings. The number of aryl methyl sites for hydroxylation is 1. The van der Waals surface area contributed by atoms with Gasteiger partial charge in [-0.3, -0.25) is 0 Å². The molecule has 1 saturated heterocycles. The highest BCUT2D eigenvalue weighted by Crippen LogP contribution is 2.19. The van der Waals surface area contributed by atoms with Crippen molar-refractivity contribution in [3.05, 3.63) is 29.3 Å². The minimum Gasteiger partial charge on any atom is -0.478 e. The number of urea groups is 1. The number of nitrogens with zero attached hydrogens (tertiary/aromatic N) is 1. The van der Waals surface area contributed by atoms with Crippen molar-refractivity contribution in [2.24, 2.45) is 0 Å². The molecule has 0 radical (unpaired) electrons. The van der Waals surface area contributed by atoms with Gasteiger partial charge in [0, 0.05) is 12.2 Å². The summed E-state index contributed by atoms with van der Waals surface area (Å²) in [5.74, 6) is -1.01. The minimum atomic E-state index is -1.01. The Bertz CT molecular complexity index is 544. The average Bonchev–Trinajstić information content (AvgIpc) is 2.49. The van der Waals surface area contributed by atoms with E-state index in [0.717, 1.165) is 12.0 Å². The number of amides is 2. The van der Waals surface area contributed by atoms with E-state index in [2.05, 4.69) is 5.32 Å². The van der Waals surface area contributed by atoms with E-state index in [0.29, 0.717) is 25.4 Å². The lowest BCUT2D eigenvalue weighted by Crippen LogP contribution is -2.50. The molecule has 6 nitrogen and oxygen atoms in total. The molecule has 0 bridgehead atoms. The molecule has 0 aromatic heterocycles. The molecule has 0 spiro atoms. The number of carbonyl (C=O) groups excluding carboxylic acids is 1. The number of hydrogen-bond acceptors (Lipinski definition) is 3. The molecular formula is C15H20N2O4. The summed E-state index contributed by atoms with van der Waals surface area (Å²) in [6.45, 7) is 5.45. The van der Waals surface area contributed by atoms with Crippen LogP contribution in [0.1, 0.15) is 29.3 Å². The fourth-order valence-corrected chi connectivity index (χ4v) is 2.34. The highest BCUT2D eigenvalue weighted by Gasteiger charge is 2.26. The monoisotopic (exact) mass is 292 g/mol. The van der Waals surface area contributed by atoms with Gasteiger partial charge in [-0.25, -0.2) is 9.59 Å². The minimum absolute atomic E-state index is 0.0571. The van der Waals surface area contributed by atoms with Crippen molar-refractivity contribution in [2.75, 3.05) is 25.1 Å². The van der Waals surface area contributed by atoms with Gasteiger partial charge in [0.25, 0.3) is 0 Å². The normalized spacial score (nSPS) is 18.4. The van der Waals surface area contributed by atoms with E-state index in [1.54, 1.807) is 11.0 Å². The van der Waals surface area contributed by atoms with Gasteiger partial charge >= 0.3 is 12.0 Å². The fraction of sp³-hybridized carbons (Fsp3) is 0.467. The van der Waals surface area contributed by atoms with E-state index < -0.39 is 5.97 Å². The van der Waals surface area contributed by atoms with Crippen LogP contribution in [0, 0.1) is 6.92 Å². The Morgan fingerprint density at radius 2 is 2.24 bits per heavy atom. The van der Waals surface area contributed by atoms with Crippen LogP contribution in [0.2, 0.25) is 0 Å². The highest BCUT2D eigenvalue weighted by atomic mass is 16.5. The second kappa shape index (κ2) is 6.58. The van der Waals surface area contributed by atoms with Gasteiger partial charge in [-0.05, 0) is 31.0 Å². The van der Waals surface area contributed by atoms with Crippen LogP contribution in [-0.2, 0) is 4.74 Å². The van der Waals surface area contributed by atoms with E-state index in [1.165, 1.54) is 12.1 Å². The fourth-order valence-electron chi connectivity index (χ4n) is 2.34. The Hall–Kier alpha value is -2.08. The van der Waals surface area contributed by atoms with Crippen LogP contribution in [0.5, 0.6) is 0 Å².